The first-order chi connectivity index (χ1) is 14.1. The number of fused-ring (bicyclic) bond motifs is 1. The molecule has 29 heavy (non-hydrogen) atoms. The van der Waals surface area contributed by atoms with E-state index in [2.05, 4.69) is 28.8 Å². The van der Waals surface area contributed by atoms with Crippen molar-refractivity contribution in [2.45, 2.75) is 51.7 Å². The summed E-state index contributed by atoms with van der Waals surface area (Å²) < 4.78 is 0. The number of hydrogen-bond acceptors (Lipinski definition) is 4. The molecule has 150 valence electrons. The Kier molecular flexibility index (Phi) is 7.04. The van der Waals surface area contributed by atoms with E-state index in [0.717, 1.165) is 29.5 Å². The second-order valence-corrected chi connectivity index (χ2v) is 7.51. The van der Waals surface area contributed by atoms with Crippen molar-refractivity contribution in [1.29, 1.82) is 5.26 Å². The van der Waals surface area contributed by atoms with Crippen molar-refractivity contribution in [3.05, 3.63) is 82.1 Å². The molecule has 1 aliphatic carbocycles. The van der Waals surface area contributed by atoms with Crippen LogP contribution in [0.5, 0.6) is 0 Å². The molecule has 5 heteroatoms. The minimum atomic E-state index is -0.374. The molecule has 1 unspecified atom stereocenters. The molecule has 1 aliphatic rings. The molecule has 4 N–H and O–H groups in total. The van der Waals surface area contributed by atoms with Crippen molar-refractivity contribution in [3.63, 3.8) is 0 Å². The molecule has 2 aromatic rings. The fraction of sp³-hybridized carbons (Fsp3) is 0.333. The Balaban J connectivity index is 1.60. The zero-order valence-electron chi connectivity index (χ0n) is 16.9. The topological polar surface area (TPSA) is 90.9 Å². The maximum absolute atomic E-state index is 12.5. The number of carbonyl (C=O) groups excluding carboxylic acids is 1. The van der Waals surface area contributed by atoms with E-state index < -0.39 is 0 Å². The molecule has 2 aromatic carbocycles. The van der Waals surface area contributed by atoms with Gasteiger partial charge in [-0.25, -0.2) is 0 Å². The van der Waals surface area contributed by atoms with Crippen LogP contribution < -0.4 is 16.4 Å². The smallest absolute Gasteiger partial charge is 0.263 e. The summed E-state index contributed by atoms with van der Waals surface area (Å²) in [4.78, 5) is 12.5. The number of nitriles is 1. The zero-order chi connectivity index (χ0) is 20.6. The third-order valence-corrected chi connectivity index (χ3v) is 5.36. The van der Waals surface area contributed by atoms with Crippen LogP contribution in [-0.2, 0) is 30.7 Å². The van der Waals surface area contributed by atoms with Crippen LogP contribution in [-0.4, -0.2) is 5.91 Å². The van der Waals surface area contributed by atoms with Gasteiger partial charge in [-0.15, -0.1) is 0 Å². The van der Waals surface area contributed by atoms with Gasteiger partial charge in [0.25, 0.3) is 5.91 Å². The van der Waals surface area contributed by atoms with E-state index in [-0.39, 0.29) is 17.5 Å². The van der Waals surface area contributed by atoms with E-state index >= 15 is 0 Å². The van der Waals surface area contributed by atoms with Crippen molar-refractivity contribution in [1.82, 2.24) is 10.6 Å². The first-order valence-corrected chi connectivity index (χ1v) is 10.1. The second-order valence-electron chi connectivity index (χ2n) is 7.51. The lowest BCUT2D eigenvalue weighted by atomic mass is 9.89. The van der Waals surface area contributed by atoms with Gasteiger partial charge < -0.3 is 16.4 Å². The highest BCUT2D eigenvalue weighted by atomic mass is 16.1. The molecule has 0 bridgehead atoms. The molecule has 0 spiro atoms. The van der Waals surface area contributed by atoms with Crippen LogP contribution in [0.3, 0.4) is 0 Å². The fourth-order valence-corrected chi connectivity index (χ4v) is 3.67. The van der Waals surface area contributed by atoms with Crippen LogP contribution >= 0.6 is 0 Å². The highest BCUT2D eigenvalue weighted by molar-refractivity contribution is 5.97. The number of amides is 1. The molecule has 3 rings (SSSR count). The molecule has 0 radical (unpaired) electrons. The first-order valence-electron chi connectivity index (χ1n) is 10.1. The number of hydrogen-bond donors (Lipinski definition) is 3. The van der Waals surface area contributed by atoms with Crippen molar-refractivity contribution in [2.24, 2.45) is 5.73 Å². The van der Waals surface area contributed by atoms with Gasteiger partial charge in [-0.3, -0.25) is 4.79 Å². The minimum Gasteiger partial charge on any atom is -0.386 e. The van der Waals surface area contributed by atoms with Crippen molar-refractivity contribution in [2.75, 3.05) is 0 Å². The summed E-state index contributed by atoms with van der Waals surface area (Å²) in [6, 6.07) is 16.2. The van der Waals surface area contributed by atoms with Crippen LogP contribution in [0.15, 0.2) is 54.2 Å². The standard InChI is InChI=1S/C24H28N4O/c1-17(21-10-9-20-7-2-3-8-22(20)12-21)28-24(29)23(14-26)16-27-15-19-6-4-5-18(11-19)13-25/h4-6,9-12,16-17,27H,2-3,7-8,13,15,25H2,1H3,(H,28,29)/b23-16-. The molecular formula is C24H28N4O. The van der Waals surface area contributed by atoms with Gasteiger partial charge in [0.2, 0.25) is 0 Å². The van der Waals surface area contributed by atoms with Crippen LogP contribution in [0, 0.1) is 11.3 Å². The van der Waals surface area contributed by atoms with Crippen molar-refractivity contribution >= 4 is 5.91 Å². The molecule has 0 aliphatic heterocycles. The number of aryl methyl sites for hydroxylation is 2. The third kappa shape index (κ3) is 5.46. The predicted octanol–water partition coefficient (Wildman–Crippen LogP) is 3.40. The Morgan fingerprint density at radius 1 is 1.17 bits per heavy atom. The highest BCUT2D eigenvalue weighted by Gasteiger charge is 2.16. The number of rotatable bonds is 7. The van der Waals surface area contributed by atoms with E-state index in [4.69, 9.17) is 5.73 Å². The molecule has 1 amide bonds. The fourth-order valence-electron chi connectivity index (χ4n) is 3.67. The lowest BCUT2D eigenvalue weighted by molar-refractivity contribution is -0.117. The van der Waals surface area contributed by atoms with Crippen molar-refractivity contribution < 1.29 is 4.79 Å². The monoisotopic (exact) mass is 388 g/mol. The van der Waals surface area contributed by atoms with Gasteiger partial charge in [0.15, 0.2) is 0 Å². The van der Waals surface area contributed by atoms with Gasteiger partial charge >= 0.3 is 0 Å². The van der Waals surface area contributed by atoms with Crippen LogP contribution in [0.1, 0.15) is 53.6 Å². The Bertz CT molecular complexity index is 942. The van der Waals surface area contributed by atoms with E-state index in [1.165, 1.54) is 30.2 Å². The minimum absolute atomic E-state index is 0.0600. The van der Waals surface area contributed by atoms with Gasteiger partial charge in [-0.1, -0.05) is 42.5 Å². The third-order valence-electron chi connectivity index (χ3n) is 5.36. The number of nitrogens with one attached hydrogen (secondary N) is 2. The number of benzene rings is 2. The lowest BCUT2D eigenvalue weighted by Crippen LogP contribution is -2.28. The quantitative estimate of drug-likeness (QED) is 0.501. The van der Waals surface area contributed by atoms with E-state index in [0.29, 0.717) is 13.1 Å². The van der Waals surface area contributed by atoms with Gasteiger partial charge in [0, 0.05) is 19.3 Å². The average molecular weight is 389 g/mol. The first kappa shape index (κ1) is 20.6. The average Bonchev–Trinajstić information content (AvgIpc) is 2.76. The summed E-state index contributed by atoms with van der Waals surface area (Å²) in [6.45, 7) is 2.95. The normalized spacial score (nSPS) is 14.4. The van der Waals surface area contributed by atoms with Crippen LogP contribution in [0.4, 0.5) is 0 Å². The van der Waals surface area contributed by atoms with Gasteiger partial charge in [-0.05, 0) is 60.4 Å². The Labute approximate surface area is 172 Å². The van der Waals surface area contributed by atoms with Crippen LogP contribution in [0.2, 0.25) is 0 Å². The van der Waals surface area contributed by atoms with Gasteiger partial charge in [0.05, 0.1) is 6.04 Å². The van der Waals surface area contributed by atoms with Crippen LogP contribution in [0.25, 0.3) is 0 Å². The number of carbonyl (C=O) groups is 1. The van der Waals surface area contributed by atoms with E-state index in [1.54, 1.807) is 0 Å². The lowest BCUT2D eigenvalue weighted by Gasteiger charge is -2.20. The second kappa shape index (κ2) is 9.90. The molecular weight excluding hydrogens is 360 g/mol. The molecule has 5 nitrogen and oxygen atoms in total. The Morgan fingerprint density at radius 3 is 2.69 bits per heavy atom. The molecule has 0 heterocycles. The van der Waals surface area contributed by atoms with E-state index in [1.807, 2.05) is 37.3 Å². The number of nitrogens with zero attached hydrogens (tertiary/aromatic N) is 1. The summed E-state index contributed by atoms with van der Waals surface area (Å²) in [5.74, 6) is -0.374. The predicted molar refractivity (Wildman–Crippen MR) is 115 cm³/mol. The summed E-state index contributed by atoms with van der Waals surface area (Å²) in [5, 5.41) is 15.4. The highest BCUT2D eigenvalue weighted by Crippen LogP contribution is 2.24. The van der Waals surface area contributed by atoms with Gasteiger partial charge in [-0.2, -0.15) is 5.26 Å². The van der Waals surface area contributed by atoms with Crippen molar-refractivity contribution in [3.8, 4) is 6.07 Å². The Hall–Kier alpha value is -3.10. The summed E-state index contributed by atoms with van der Waals surface area (Å²) in [6.07, 6.45) is 6.18. The summed E-state index contributed by atoms with van der Waals surface area (Å²) >= 11 is 0. The maximum Gasteiger partial charge on any atom is 0.263 e. The molecule has 1 atom stereocenters. The summed E-state index contributed by atoms with van der Waals surface area (Å²) in [7, 11) is 0. The molecule has 0 saturated heterocycles. The van der Waals surface area contributed by atoms with Gasteiger partial charge in [0.1, 0.15) is 11.6 Å². The van der Waals surface area contributed by atoms with E-state index in [9.17, 15) is 10.1 Å². The maximum atomic E-state index is 12.5. The molecule has 0 saturated carbocycles. The largest absolute Gasteiger partial charge is 0.386 e. The summed E-state index contributed by atoms with van der Waals surface area (Å²) in [5.41, 5.74) is 11.7. The Morgan fingerprint density at radius 2 is 1.93 bits per heavy atom. The molecule has 0 aromatic heterocycles. The number of nitrogens with two attached hydrogens (primary N) is 1. The zero-order valence-corrected chi connectivity index (χ0v) is 16.9. The molecule has 0 fully saturated rings. The SMILES string of the molecule is CC(NC(=O)/C(C#N)=C\NCc1cccc(CN)c1)c1ccc2c(c1)CCCC2.